The van der Waals surface area contributed by atoms with Gasteiger partial charge in [0.15, 0.2) is 11.6 Å². The molecule has 0 radical (unpaired) electrons. The van der Waals surface area contributed by atoms with Crippen molar-refractivity contribution < 1.29 is 9.59 Å². The minimum Gasteiger partial charge on any atom is -0.289 e. The Morgan fingerprint density at radius 2 is 1.73 bits per heavy atom. The summed E-state index contributed by atoms with van der Waals surface area (Å²) in [5.41, 5.74) is 2.64. The second-order valence-electron chi connectivity index (χ2n) is 5.09. The molecule has 0 bridgehead atoms. The molecule has 0 fully saturated rings. The lowest BCUT2D eigenvalue weighted by Gasteiger charge is -2.19. The van der Waals surface area contributed by atoms with Gasteiger partial charge in [0.05, 0.1) is 11.3 Å². The number of rotatable bonds is 2. The summed E-state index contributed by atoms with van der Waals surface area (Å²) in [7, 11) is 0. The summed E-state index contributed by atoms with van der Waals surface area (Å²) in [5.74, 6) is -0.304. The highest BCUT2D eigenvalue weighted by Gasteiger charge is 2.29. The van der Waals surface area contributed by atoms with Gasteiger partial charge in [-0.25, -0.2) is 0 Å². The number of benzene rings is 1. The predicted molar refractivity (Wildman–Crippen MR) is 80.5 cm³/mol. The molecule has 1 aliphatic rings. The number of nitrogens with zero attached hydrogens (tertiary/aromatic N) is 2. The van der Waals surface area contributed by atoms with Gasteiger partial charge in [-0.2, -0.15) is 5.26 Å². The zero-order valence-electron chi connectivity index (χ0n) is 12.0. The number of carbonyl (C=O) groups excluding carboxylic acids is 2. The van der Waals surface area contributed by atoms with Gasteiger partial charge in [0.25, 0.3) is 0 Å². The smallest absolute Gasteiger partial charge is 0.190 e. The van der Waals surface area contributed by atoms with Crippen molar-refractivity contribution in [2.75, 3.05) is 0 Å². The molecule has 0 N–H and O–H groups in total. The zero-order chi connectivity index (χ0) is 15.7. The van der Waals surface area contributed by atoms with Crippen molar-refractivity contribution in [3.8, 4) is 6.07 Å². The average Bonchev–Trinajstić information content (AvgIpc) is 2.57. The fourth-order valence-corrected chi connectivity index (χ4v) is 2.61. The van der Waals surface area contributed by atoms with Gasteiger partial charge in [0.2, 0.25) is 0 Å². The van der Waals surface area contributed by atoms with Gasteiger partial charge >= 0.3 is 0 Å². The third kappa shape index (κ3) is 2.13. The van der Waals surface area contributed by atoms with E-state index in [1.165, 1.54) is 0 Å². The predicted octanol–water partition coefficient (Wildman–Crippen LogP) is 2.89. The Morgan fingerprint density at radius 1 is 1.05 bits per heavy atom. The van der Waals surface area contributed by atoms with Crippen LogP contribution in [0, 0.1) is 11.3 Å². The molecular weight excluding hydrogens is 276 g/mol. The summed E-state index contributed by atoms with van der Waals surface area (Å²) in [4.78, 5) is 29.3. The molecule has 1 aromatic carbocycles. The van der Waals surface area contributed by atoms with E-state index in [4.69, 9.17) is 5.26 Å². The maximum atomic E-state index is 12.7. The summed E-state index contributed by atoms with van der Waals surface area (Å²) in [6.07, 6.45) is 1.77. The largest absolute Gasteiger partial charge is 0.289 e. The minimum atomic E-state index is -0.165. The molecule has 1 aromatic heterocycles. The second kappa shape index (κ2) is 5.38. The minimum absolute atomic E-state index is 0.139. The van der Waals surface area contributed by atoms with Crippen LogP contribution in [0.15, 0.2) is 53.7 Å². The third-order valence-corrected chi connectivity index (χ3v) is 3.84. The first-order valence-corrected chi connectivity index (χ1v) is 6.85. The molecule has 4 nitrogen and oxygen atoms in total. The van der Waals surface area contributed by atoms with Crippen molar-refractivity contribution in [3.63, 3.8) is 0 Å². The summed E-state index contributed by atoms with van der Waals surface area (Å²) in [6.45, 7) is 1.65. The molecule has 0 saturated carbocycles. The number of ketones is 2. The van der Waals surface area contributed by atoms with E-state index in [1.807, 2.05) is 0 Å². The average molecular weight is 288 g/mol. The third-order valence-electron chi connectivity index (χ3n) is 3.84. The van der Waals surface area contributed by atoms with Crippen molar-refractivity contribution >= 4 is 11.6 Å². The van der Waals surface area contributed by atoms with Gasteiger partial charge in [-0.1, -0.05) is 24.3 Å². The molecule has 0 saturated heterocycles. The summed E-state index contributed by atoms with van der Waals surface area (Å²) >= 11 is 0. The Balaban J connectivity index is 2.08. The Bertz CT molecular complexity index is 873. The summed E-state index contributed by atoms with van der Waals surface area (Å²) < 4.78 is 0. The van der Waals surface area contributed by atoms with E-state index in [0.29, 0.717) is 33.5 Å². The van der Waals surface area contributed by atoms with Crippen LogP contribution in [0.25, 0.3) is 0 Å². The number of carbonyl (C=O) groups is 2. The van der Waals surface area contributed by atoms with Crippen molar-refractivity contribution in [3.05, 3.63) is 76.1 Å². The number of Topliss-reactive ketones (excluding diaryl/α,β-unsaturated/α-hetero) is 2. The highest BCUT2D eigenvalue weighted by molar-refractivity contribution is 6.26. The van der Waals surface area contributed by atoms with Crippen molar-refractivity contribution in [2.24, 2.45) is 0 Å². The molecule has 0 aliphatic heterocycles. The van der Waals surface area contributed by atoms with Gasteiger partial charge in [0.1, 0.15) is 6.07 Å². The van der Waals surface area contributed by atoms with Crippen molar-refractivity contribution in [1.29, 1.82) is 5.26 Å². The molecule has 1 aliphatic carbocycles. The summed E-state index contributed by atoms with van der Waals surface area (Å²) in [5, 5.41) is 9.13. The van der Waals surface area contributed by atoms with Crippen LogP contribution >= 0.6 is 0 Å². The Hall–Kier alpha value is -3.06. The molecule has 4 heteroatoms. The number of aromatic nitrogens is 1. The van der Waals surface area contributed by atoms with Crippen LogP contribution in [0.5, 0.6) is 0 Å². The lowest BCUT2D eigenvalue weighted by atomic mass is 9.82. The molecule has 0 amide bonds. The van der Waals surface area contributed by atoms with Crippen molar-refractivity contribution in [2.45, 2.75) is 13.3 Å². The van der Waals surface area contributed by atoms with E-state index in [-0.39, 0.29) is 18.0 Å². The molecule has 2 aromatic rings. The van der Waals surface area contributed by atoms with Crippen LogP contribution in [0.3, 0.4) is 0 Å². The van der Waals surface area contributed by atoms with Gasteiger partial charge in [-0.15, -0.1) is 0 Å². The fourth-order valence-electron chi connectivity index (χ4n) is 2.61. The molecule has 106 valence electrons. The van der Waals surface area contributed by atoms with Gasteiger partial charge in [-0.3, -0.25) is 14.6 Å². The Labute approximate surface area is 127 Å². The Kier molecular flexibility index (Phi) is 3.40. The highest BCUT2D eigenvalue weighted by Crippen LogP contribution is 2.28. The van der Waals surface area contributed by atoms with Crippen LogP contribution in [-0.4, -0.2) is 16.6 Å². The molecule has 3 rings (SSSR count). The van der Waals surface area contributed by atoms with Crippen molar-refractivity contribution in [1.82, 2.24) is 4.98 Å². The normalized spacial score (nSPS) is 13.8. The van der Waals surface area contributed by atoms with E-state index in [0.717, 1.165) is 0 Å². The molecule has 22 heavy (non-hydrogen) atoms. The number of fused-ring (bicyclic) bond motifs is 1. The SMILES string of the molecule is CC1=C(Cc2ncccc2C#N)C(=O)c2ccccc2C1=O. The number of hydrogen-bond donors (Lipinski definition) is 0. The van der Waals surface area contributed by atoms with Gasteiger partial charge in [-0.05, 0) is 19.1 Å². The van der Waals surface area contributed by atoms with E-state index in [9.17, 15) is 9.59 Å². The van der Waals surface area contributed by atoms with E-state index in [1.54, 1.807) is 49.5 Å². The highest BCUT2D eigenvalue weighted by atomic mass is 16.1. The van der Waals surface area contributed by atoms with Crippen LogP contribution in [0.2, 0.25) is 0 Å². The molecule has 0 spiro atoms. The standard InChI is InChI=1S/C18H12N2O2/c1-11-15(9-16-12(10-19)5-4-8-20-16)18(22)14-7-3-2-6-13(14)17(11)21/h2-8H,9H2,1H3. The Morgan fingerprint density at radius 3 is 2.41 bits per heavy atom. The van der Waals surface area contributed by atoms with Crippen LogP contribution in [0.1, 0.15) is 38.9 Å². The maximum absolute atomic E-state index is 12.7. The quantitative estimate of drug-likeness (QED) is 0.852. The number of pyridine rings is 1. The first-order chi connectivity index (χ1) is 10.6. The van der Waals surface area contributed by atoms with Crippen LogP contribution in [0.4, 0.5) is 0 Å². The molecule has 0 atom stereocenters. The first kappa shape index (κ1) is 13.9. The number of nitriles is 1. The fraction of sp³-hybridized carbons (Fsp3) is 0.111. The number of allylic oxidation sites excluding steroid dienone is 2. The first-order valence-electron chi connectivity index (χ1n) is 6.85. The van der Waals surface area contributed by atoms with Crippen LogP contribution < -0.4 is 0 Å². The summed E-state index contributed by atoms with van der Waals surface area (Å²) in [6, 6.07) is 12.2. The topological polar surface area (TPSA) is 70.8 Å². The lowest BCUT2D eigenvalue weighted by Crippen LogP contribution is -2.22. The van der Waals surface area contributed by atoms with E-state index in [2.05, 4.69) is 11.1 Å². The lowest BCUT2D eigenvalue weighted by molar-refractivity contribution is 0.0973. The number of hydrogen-bond acceptors (Lipinski definition) is 4. The second-order valence-corrected chi connectivity index (χ2v) is 5.09. The van der Waals surface area contributed by atoms with E-state index < -0.39 is 0 Å². The van der Waals surface area contributed by atoms with Gasteiger partial charge < -0.3 is 0 Å². The molecule has 1 heterocycles. The molecule has 0 unspecified atom stereocenters. The maximum Gasteiger partial charge on any atom is 0.190 e. The monoisotopic (exact) mass is 288 g/mol. The zero-order valence-corrected chi connectivity index (χ0v) is 12.0. The van der Waals surface area contributed by atoms with E-state index >= 15 is 0 Å². The van der Waals surface area contributed by atoms with Crippen LogP contribution in [-0.2, 0) is 6.42 Å². The van der Waals surface area contributed by atoms with Gasteiger partial charge in [0, 0.05) is 34.9 Å². The molecular formula is C18H12N2O2.